The summed E-state index contributed by atoms with van der Waals surface area (Å²) in [4.78, 5) is 51.1. The molecule has 39 heavy (non-hydrogen) atoms. The molecular formula is C28H22Cl2N2O6S. The van der Waals surface area contributed by atoms with Crippen molar-refractivity contribution in [2.75, 3.05) is 18.5 Å². The third-order valence-electron chi connectivity index (χ3n) is 5.43. The van der Waals surface area contributed by atoms with Gasteiger partial charge in [-0.05, 0) is 66.7 Å². The SMILES string of the molecule is CCOC(=O)c1cc(NC(=O)CN2C(=O)S/C(=C/c3cccc(OCc4ccccc4Cl)c3)C2=O)ccc1Cl. The van der Waals surface area contributed by atoms with E-state index < -0.39 is 29.6 Å². The van der Waals surface area contributed by atoms with Gasteiger partial charge in [0.2, 0.25) is 5.91 Å². The number of carbonyl (C=O) groups is 4. The summed E-state index contributed by atoms with van der Waals surface area (Å²) < 4.78 is 10.8. The Bertz CT molecular complexity index is 1480. The number of esters is 1. The number of hydrogen-bond donors (Lipinski definition) is 1. The highest BCUT2D eigenvalue weighted by Crippen LogP contribution is 2.33. The molecule has 0 aliphatic carbocycles. The number of carbonyl (C=O) groups excluding carboxylic acids is 4. The number of thioether (sulfide) groups is 1. The number of nitrogens with one attached hydrogen (secondary N) is 1. The van der Waals surface area contributed by atoms with Gasteiger partial charge in [-0.25, -0.2) is 4.79 Å². The van der Waals surface area contributed by atoms with E-state index in [2.05, 4.69) is 5.32 Å². The van der Waals surface area contributed by atoms with Crippen LogP contribution >= 0.6 is 35.0 Å². The summed E-state index contributed by atoms with van der Waals surface area (Å²) in [6.45, 7) is 1.59. The van der Waals surface area contributed by atoms with Crippen molar-refractivity contribution >= 4 is 69.8 Å². The Morgan fingerprint density at radius 3 is 2.56 bits per heavy atom. The number of amides is 3. The summed E-state index contributed by atoms with van der Waals surface area (Å²) in [6.07, 6.45) is 1.57. The van der Waals surface area contributed by atoms with Crippen LogP contribution in [-0.2, 0) is 20.9 Å². The van der Waals surface area contributed by atoms with Gasteiger partial charge in [0.15, 0.2) is 0 Å². The van der Waals surface area contributed by atoms with E-state index in [1.54, 1.807) is 43.3 Å². The molecule has 1 heterocycles. The summed E-state index contributed by atoms with van der Waals surface area (Å²) >= 11 is 13.0. The summed E-state index contributed by atoms with van der Waals surface area (Å²) in [5.74, 6) is -1.28. The predicted molar refractivity (Wildman–Crippen MR) is 151 cm³/mol. The summed E-state index contributed by atoms with van der Waals surface area (Å²) in [6, 6.07) is 18.7. The van der Waals surface area contributed by atoms with Gasteiger partial charge < -0.3 is 14.8 Å². The monoisotopic (exact) mass is 584 g/mol. The van der Waals surface area contributed by atoms with Gasteiger partial charge in [-0.1, -0.05) is 53.5 Å². The Labute approximate surface area is 238 Å². The molecule has 3 aromatic carbocycles. The second-order valence-electron chi connectivity index (χ2n) is 8.18. The first-order valence-corrected chi connectivity index (χ1v) is 13.3. The van der Waals surface area contributed by atoms with Crippen molar-refractivity contribution in [3.63, 3.8) is 0 Å². The second kappa shape index (κ2) is 12.8. The van der Waals surface area contributed by atoms with Crippen LogP contribution in [0.1, 0.15) is 28.4 Å². The highest BCUT2D eigenvalue weighted by atomic mass is 35.5. The molecule has 0 atom stereocenters. The van der Waals surface area contributed by atoms with Crippen LogP contribution in [0.2, 0.25) is 10.0 Å². The molecule has 1 fully saturated rings. The number of halogens is 2. The number of anilines is 1. The Kier molecular flexibility index (Phi) is 9.29. The van der Waals surface area contributed by atoms with Crippen molar-refractivity contribution in [1.29, 1.82) is 0 Å². The molecule has 4 rings (SSSR count). The zero-order chi connectivity index (χ0) is 27.9. The number of benzene rings is 3. The topological polar surface area (TPSA) is 102 Å². The smallest absolute Gasteiger partial charge is 0.339 e. The minimum absolute atomic E-state index is 0.0866. The van der Waals surface area contributed by atoms with E-state index in [1.165, 1.54) is 18.2 Å². The van der Waals surface area contributed by atoms with Crippen molar-refractivity contribution in [2.45, 2.75) is 13.5 Å². The largest absolute Gasteiger partial charge is 0.489 e. The summed E-state index contributed by atoms with van der Waals surface area (Å²) in [7, 11) is 0. The fourth-order valence-corrected chi connectivity index (χ4v) is 4.79. The molecule has 3 amide bonds. The quantitative estimate of drug-likeness (QED) is 0.228. The molecule has 0 radical (unpaired) electrons. The van der Waals surface area contributed by atoms with Gasteiger partial charge in [0.1, 0.15) is 18.9 Å². The van der Waals surface area contributed by atoms with E-state index in [1.807, 2.05) is 18.2 Å². The van der Waals surface area contributed by atoms with Gasteiger partial charge in [-0.2, -0.15) is 0 Å². The average Bonchev–Trinajstić information content (AvgIpc) is 3.16. The first kappa shape index (κ1) is 28.2. The number of hydrogen-bond acceptors (Lipinski definition) is 7. The Hall–Kier alpha value is -3.79. The number of nitrogens with zero attached hydrogens (tertiary/aromatic N) is 1. The molecule has 0 spiro atoms. The van der Waals surface area contributed by atoms with Gasteiger partial charge in [0, 0.05) is 16.3 Å². The average molecular weight is 585 g/mol. The highest BCUT2D eigenvalue weighted by molar-refractivity contribution is 8.18. The predicted octanol–water partition coefficient (Wildman–Crippen LogP) is 6.42. The molecule has 1 saturated heterocycles. The van der Waals surface area contributed by atoms with Gasteiger partial charge in [-0.15, -0.1) is 0 Å². The van der Waals surface area contributed by atoms with Crippen LogP contribution in [-0.4, -0.2) is 41.1 Å². The highest BCUT2D eigenvalue weighted by Gasteiger charge is 2.36. The normalized spacial score (nSPS) is 14.0. The van der Waals surface area contributed by atoms with E-state index >= 15 is 0 Å². The maximum atomic E-state index is 12.9. The second-order valence-corrected chi connectivity index (χ2v) is 9.99. The van der Waals surface area contributed by atoms with E-state index in [0.29, 0.717) is 16.3 Å². The fourth-order valence-electron chi connectivity index (χ4n) is 3.57. The molecule has 200 valence electrons. The summed E-state index contributed by atoms with van der Waals surface area (Å²) in [5, 5.41) is 2.76. The van der Waals surface area contributed by atoms with E-state index in [9.17, 15) is 19.2 Å². The van der Waals surface area contributed by atoms with Crippen molar-refractivity contribution in [2.24, 2.45) is 0 Å². The number of imide groups is 1. The molecule has 0 unspecified atom stereocenters. The van der Waals surface area contributed by atoms with Crippen LogP contribution in [0.4, 0.5) is 10.5 Å². The Morgan fingerprint density at radius 2 is 1.79 bits per heavy atom. The van der Waals surface area contributed by atoms with Gasteiger partial charge in [0.05, 0.1) is 22.1 Å². The number of rotatable bonds is 9. The lowest BCUT2D eigenvalue weighted by Gasteiger charge is -2.13. The van der Waals surface area contributed by atoms with E-state index in [4.69, 9.17) is 32.7 Å². The number of ether oxygens (including phenoxy) is 2. The van der Waals surface area contributed by atoms with Crippen molar-refractivity contribution in [3.8, 4) is 5.75 Å². The van der Waals surface area contributed by atoms with E-state index in [-0.39, 0.29) is 34.4 Å². The molecule has 0 aromatic heterocycles. The lowest BCUT2D eigenvalue weighted by Crippen LogP contribution is -2.36. The first-order chi connectivity index (χ1) is 18.7. The van der Waals surface area contributed by atoms with Crippen LogP contribution in [0.15, 0.2) is 71.6 Å². The first-order valence-electron chi connectivity index (χ1n) is 11.7. The molecule has 1 aliphatic heterocycles. The van der Waals surface area contributed by atoms with Crippen molar-refractivity contribution in [3.05, 3.63) is 98.4 Å². The van der Waals surface area contributed by atoms with Gasteiger partial charge in [-0.3, -0.25) is 19.3 Å². The molecule has 0 bridgehead atoms. The molecule has 1 aliphatic rings. The Morgan fingerprint density at radius 1 is 1.00 bits per heavy atom. The van der Waals surface area contributed by atoms with Crippen LogP contribution < -0.4 is 10.1 Å². The molecular weight excluding hydrogens is 563 g/mol. The van der Waals surface area contributed by atoms with Gasteiger partial charge >= 0.3 is 5.97 Å². The fraction of sp³-hybridized carbons (Fsp3) is 0.143. The molecule has 3 aromatic rings. The van der Waals surface area contributed by atoms with Crippen LogP contribution in [0.3, 0.4) is 0 Å². The van der Waals surface area contributed by atoms with Gasteiger partial charge in [0.25, 0.3) is 11.1 Å². The van der Waals surface area contributed by atoms with Crippen molar-refractivity contribution in [1.82, 2.24) is 4.90 Å². The maximum absolute atomic E-state index is 12.9. The Balaban J connectivity index is 1.40. The third kappa shape index (κ3) is 7.20. The lowest BCUT2D eigenvalue weighted by molar-refractivity contribution is -0.127. The minimum Gasteiger partial charge on any atom is -0.489 e. The van der Waals surface area contributed by atoms with Crippen LogP contribution in [0.25, 0.3) is 6.08 Å². The minimum atomic E-state index is -0.631. The zero-order valence-corrected chi connectivity index (χ0v) is 22.9. The summed E-state index contributed by atoms with van der Waals surface area (Å²) in [5.41, 5.74) is 1.83. The van der Waals surface area contributed by atoms with Crippen molar-refractivity contribution < 1.29 is 28.7 Å². The molecule has 11 heteroatoms. The molecule has 0 saturated carbocycles. The molecule has 1 N–H and O–H groups in total. The van der Waals surface area contributed by atoms with E-state index in [0.717, 1.165) is 22.2 Å². The standard InChI is InChI=1S/C28H22Cl2N2O6S/c1-2-37-27(35)21-14-19(10-11-23(21)30)31-25(33)15-32-26(34)24(39-28(32)36)13-17-6-5-8-20(12-17)38-16-18-7-3-4-9-22(18)29/h3-14H,2,15-16H2,1H3,(H,31,33)/b24-13+. The zero-order valence-electron chi connectivity index (χ0n) is 20.6. The van der Waals surface area contributed by atoms with Crippen LogP contribution in [0.5, 0.6) is 5.75 Å². The molecule has 8 nitrogen and oxygen atoms in total. The lowest BCUT2D eigenvalue weighted by atomic mass is 10.2. The third-order valence-corrected chi connectivity index (χ3v) is 7.03. The van der Waals surface area contributed by atoms with Crippen LogP contribution in [0, 0.1) is 0 Å². The maximum Gasteiger partial charge on any atom is 0.339 e.